The van der Waals surface area contributed by atoms with Gasteiger partial charge in [0.2, 0.25) is 0 Å². The van der Waals surface area contributed by atoms with Crippen LogP contribution < -0.4 is 5.73 Å². The molecular formula is C14H23N3O2S. The number of piperidine rings is 1. The third kappa shape index (κ3) is 3.31. The first-order valence-electron chi connectivity index (χ1n) is 6.99. The summed E-state index contributed by atoms with van der Waals surface area (Å²) in [6, 6.07) is 7.42. The average Bonchev–Trinajstić information content (AvgIpc) is 2.39. The highest BCUT2D eigenvalue weighted by atomic mass is 32.2. The molecule has 1 heterocycles. The number of nitrogens with two attached hydrogens (primary N) is 1. The van der Waals surface area contributed by atoms with Gasteiger partial charge in [0.1, 0.15) is 0 Å². The van der Waals surface area contributed by atoms with Crippen LogP contribution in [0.25, 0.3) is 0 Å². The molecule has 0 spiro atoms. The summed E-state index contributed by atoms with van der Waals surface area (Å²) in [7, 11) is -1.77. The minimum absolute atomic E-state index is 0.0806. The molecule has 1 aromatic carbocycles. The fourth-order valence-electron chi connectivity index (χ4n) is 2.62. The first-order chi connectivity index (χ1) is 9.41. The van der Waals surface area contributed by atoms with Gasteiger partial charge in [-0.2, -0.15) is 17.0 Å². The highest BCUT2D eigenvalue weighted by molar-refractivity contribution is 7.86. The zero-order valence-corrected chi connectivity index (χ0v) is 12.9. The van der Waals surface area contributed by atoms with E-state index in [1.54, 1.807) is 17.4 Å². The van der Waals surface area contributed by atoms with Gasteiger partial charge in [0.25, 0.3) is 10.2 Å². The minimum Gasteiger partial charge on any atom is -0.399 e. The van der Waals surface area contributed by atoms with E-state index in [9.17, 15) is 8.42 Å². The van der Waals surface area contributed by atoms with Crippen LogP contribution in [0.4, 0.5) is 5.69 Å². The molecule has 1 fully saturated rings. The van der Waals surface area contributed by atoms with Crippen LogP contribution in [0.2, 0.25) is 0 Å². The Morgan fingerprint density at radius 3 is 2.80 bits per heavy atom. The Hall–Kier alpha value is -1.11. The summed E-state index contributed by atoms with van der Waals surface area (Å²) in [5, 5.41) is 0. The van der Waals surface area contributed by atoms with Crippen molar-refractivity contribution >= 4 is 15.9 Å². The SMILES string of the molecule is CC1CCCCN1S(=O)(=O)N(C)Cc1cccc(N)c1. The predicted molar refractivity (Wildman–Crippen MR) is 81.3 cm³/mol. The maximum atomic E-state index is 12.6. The largest absolute Gasteiger partial charge is 0.399 e. The number of rotatable bonds is 4. The molecule has 0 amide bonds. The average molecular weight is 297 g/mol. The molecule has 1 aliphatic rings. The summed E-state index contributed by atoms with van der Waals surface area (Å²) in [6.45, 7) is 2.94. The zero-order valence-electron chi connectivity index (χ0n) is 12.1. The van der Waals surface area contributed by atoms with E-state index >= 15 is 0 Å². The van der Waals surface area contributed by atoms with Crippen LogP contribution in [0.5, 0.6) is 0 Å². The van der Waals surface area contributed by atoms with Crippen molar-refractivity contribution < 1.29 is 8.42 Å². The van der Waals surface area contributed by atoms with Crippen LogP contribution >= 0.6 is 0 Å². The summed E-state index contributed by atoms with van der Waals surface area (Å²) in [5.41, 5.74) is 7.29. The van der Waals surface area contributed by atoms with Crippen LogP contribution in [0.1, 0.15) is 31.7 Å². The van der Waals surface area contributed by atoms with E-state index in [0.29, 0.717) is 18.8 Å². The second-order valence-electron chi connectivity index (χ2n) is 5.46. The molecule has 20 heavy (non-hydrogen) atoms. The topological polar surface area (TPSA) is 66.6 Å². The number of nitrogens with zero attached hydrogens (tertiary/aromatic N) is 2. The lowest BCUT2D eigenvalue weighted by Crippen LogP contribution is -2.48. The smallest absolute Gasteiger partial charge is 0.282 e. The van der Waals surface area contributed by atoms with Gasteiger partial charge in [0, 0.05) is 31.9 Å². The third-order valence-electron chi connectivity index (χ3n) is 3.79. The van der Waals surface area contributed by atoms with Gasteiger partial charge in [-0.3, -0.25) is 0 Å². The summed E-state index contributed by atoms with van der Waals surface area (Å²) >= 11 is 0. The Morgan fingerprint density at radius 2 is 2.15 bits per heavy atom. The fraction of sp³-hybridized carbons (Fsp3) is 0.571. The summed E-state index contributed by atoms with van der Waals surface area (Å²) in [5.74, 6) is 0. The van der Waals surface area contributed by atoms with Gasteiger partial charge in [-0.25, -0.2) is 0 Å². The fourth-order valence-corrected chi connectivity index (χ4v) is 4.21. The Morgan fingerprint density at radius 1 is 1.40 bits per heavy atom. The molecule has 112 valence electrons. The minimum atomic E-state index is -3.40. The van der Waals surface area contributed by atoms with Crippen LogP contribution in [0.3, 0.4) is 0 Å². The van der Waals surface area contributed by atoms with E-state index in [4.69, 9.17) is 5.73 Å². The van der Waals surface area contributed by atoms with E-state index in [1.807, 2.05) is 25.1 Å². The van der Waals surface area contributed by atoms with Gasteiger partial charge >= 0.3 is 0 Å². The van der Waals surface area contributed by atoms with E-state index in [2.05, 4.69) is 0 Å². The number of hydrogen-bond acceptors (Lipinski definition) is 3. The van der Waals surface area contributed by atoms with Crippen molar-refractivity contribution in [1.29, 1.82) is 0 Å². The predicted octanol–water partition coefficient (Wildman–Crippen LogP) is 1.82. The standard InChI is InChI=1S/C14H23N3O2S/c1-12-6-3-4-9-17(12)20(18,19)16(2)11-13-7-5-8-14(15)10-13/h5,7-8,10,12H,3-4,6,9,11,15H2,1-2H3. The molecule has 2 N–H and O–H groups in total. The van der Waals surface area contributed by atoms with Crippen molar-refractivity contribution in [2.24, 2.45) is 0 Å². The summed E-state index contributed by atoms with van der Waals surface area (Å²) in [6.07, 6.45) is 2.98. The van der Waals surface area contributed by atoms with Crippen molar-refractivity contribution in [3.05, 3.63) is 29.8 Å². The Bertz CT molecular complexity index is 559. The van der Waals surface area contributed by atoms with E-state index in [-0.39, 0.29) is 6.04 Å². The van der Waals surface area contributed by atoms with Crippen LogP contribution in [-0.4, -0.2) is 36.7 Å². The summed E-state index contributed by atoms with van der Waals surface area (Å²) in [4.78, 5) is 0. The Balaban J connectivity index is 2.12. The van der Waals surface area contributed by atoms with Gasteiger partial charge in [-0.1, -0.05) is 18.6 Å². The number of benzene rings is 1. The van der Waals surface area contributed by atoms with Crippen LogP contribution in [-0.2, 0) is 16.8 Å². The molecule has 1 unspecified atom stereocenters. The van der Waals surface area contributed by atoms with Crippen LogP contribution in [0.15, 0.2) is 24.3 Å². The Labute approximate surface area is 121 Å². The number of nitrogen functional groups attached to an aromatic ring is 1. The van der Waals surface area contributed by atoms with Crippen molar-refractivity contribution in [1.82, 2.24) is 8.61 Å². The quantitative estimate of drug-likeness (QED) is 0.862. The van der Waals surface area contributed by atoms with Crippen LogP contribution in [0, 0.1) is 0 Å². The molecule has 1 aromatic rings. The van der Waals surface area contributed by atoms with Crippen molar-refractivity contribution in [3.63, 3.8) is 0 Å². The molecular weight excluding hydrogens is 274 g/mol. The Kier molecular flexibility index (Phi) is 4.67. The lowest BCUT2D eigenvalue weighted by Gasteiger charge is -2.35. The summed E-state index contributed by atoms with van der Waals surface area (Å²) < 4.78 is 28.2. The number of anilines is 1. The first kappa shape index (κ1) is 15.3. The molecule has 1 atom stereocenters. The molecule has 0 radical (unpaired) electrons. The maximum absolute atomic E-state index is 12.6. The molecule has 0 saturated carbocycles. The molecule has 6 heteroatoms. The van der Waals surface area contributed by atoms with E-state index in [1.165, 1.54) is 4.31 Å². The van der Waals surface area contributed by atoms with E-state index in [0.717, 1.165) is 24.8 Å². The van der Waals surface area contributed by atoms with Crippen molar-refractivity contribution in [2.45, 2.75) is 38.8 Å². The zero-order chi connectivity index (χ0) is 14.8. The number of hydrogen-bond donors (Lipinski definition) is 1. The maximum Gasteiger partial charge on any atom is 0.282 e. The second kappa shape index (κ2) is 6.11. The molecule has 5 nitrogen and oxygen atoms in total. The van der Waals surface area contributed by atoms with Crippen molar-refractivity contribution in [3.8, 4) is 0 Å². The molecule has 0 aliphatic carbocycles. The molecule has 2 rings (SSSR count). The second-order valence-corrected chi connectivity index (χ2v) is 7.45. The van der Waals surface area contributed by atoms with Gasteiger partial charge < -0.3 is 5.73 Å². The lowest BCUT2D eigenvalue weighted by atomic mass is 10.1. The van der Waals surface area contributed by atoms with E-state index < -0.39 is 10.2 Å². The lowest BCUT2D eigenvalue weighted by molar-refractivity contribution is 0.249. The molecule has 1 aliphatic heterocycles. The van der Waals surface area contributed by atoms with Gasteiger partial charge in [0.15, 0.2) is 0 Å². The molecule has 0 bridgehead atoms. The monoisotopic (exact) mass is 297 g/mol. The van der Waals surface area contributed by atoms with Gasteiger partial charge in [-0.05, 0) is 37.5 Å². The van der Waals surface area contributed by atoms with Gasteiger partial charge in [0.05, 0.1) is 0 Å². The van der Waals surface area contributed by atoms with Gasteiger partial charge in [-0.15, -0.1) is 0 Å². The molecule has 0 aromatic heterocycles. The normalized spacial score (nSPS) is 21.2. The van der Waals surface area contributed by atoms with Crippen molar-refractivity contribution in [2.75, 3.05) is 19.3 Å². The highest BCUT2D eigenvalue weighted by Gasteiger charge is 2.32. The third-order valence-corrected chi connectivity index (χ3v) is 5.84. The molecule has 1 saturated heterocycles. The highest BCUT2D eigenvalue weighted by Crippen LogP contribution is 2.22. The first-order valence-corrected chi connectivity index (χ1v) is 8.38.